The number of halogens is 1. The zero-order chi connectivity index (χ0) is 18.8. The number of hydrogen-bond acceptors (Lipinski definition) is 5. The summed E-state index contributed by atoms with van der Waals surface area (Å²) in [5.41, 5.74) is 6.10. The lowest BCUT2D eigenvalue weighted by Gasteiger charge is -2.19. The van der Waals surface area contributed by atoms with Gasteiger partial charge in [0.25, 0.3) is 11.8 Å². The van der Waals surface area contributed by atoms with Gasteiger partial charge in [0.05, 0.1) is 24.2 Å². The maximum atomic E-state index is 13.9. The Hall–Kier alpha value is -2.90. The van der Waals surface area contributed by atoms with E-state index in [9.17, 15) is 14.0 Å². The lowest BCUT2D eigenvalue weighted by molar-refractivity contribution is -0.123. The normalized spacial score (nSPS) is 22.3. The molecule has 2 aromatic rings. The highest BCUT2D eigenvalue weighted by Crippen LogP contribution is 2.31. The van der Waals surface area contributed by atoms with Crippen molar-refractivity contribution < 1.29 is 23.5 Å². The third kappa shape index (κ3) is 3.14. The molecule has 0 spiro atoms. The van der Waals surface area contributed by atoms with E-state index in [4.69, 9.17) is 15.2 Å². The number of benzene rings is 1. The maximum Gasteiger partial charge on any atom is 0.255 e. The van der Waals surface area contributed by atoms with E-state index in [1.54, 1.807) is 12.1 Å². The van der Waals surface area contributed by atoms with Crippen molar-refractivity contribution in [1.29, 1.82) is 0 Å². The first kappa shape index (κ1) is 17.9. The minimum Gasteiger partial charge on any atom is -0.496 e. The SMILES string of the molecule is CC[C@@H]1[C@H](F)C(=O)N[C@@H]1COc1ccnc2cc(C(N)=O)c(OC)cc12. The Morgan fingerprint density at radius 1 is 1.38 bits per heavy atom. The van der Waals surface area contributed by atoms with Gasteiger partial charge in [-0.2, -0.15) is 0 Å². The minimum absolute atomic E-state index is 0.129. The molecule has 138 valence electrons. The number of carbonyl (C=O) groups excluding carboxylic acids is 2. The number of hydrogen-bond donors (Lipinski definition) is 2. The average Bonchev–Trinajstić information content (AvgIpc) is 2.91. The second-order valence-corrected chi connectivity index (χ2v) is 6.14. The van der Waals surface area contributed by atoms with Crippen LogP contribution >= 0.6 is 0 Å². The zero-order valence-corrected chi connectivity index (χ0v) is 14.5. The lowest BCUT2D eigenvalue weighted by atomic mass is 9.97. The first-order chi connectivity index (χ1) is 12.5. The molecule has 1 aromatic heterocycles. The molecule has 2 heterocycles. The van der Waals surface area contributed by atoms with Crippen LogP contribution in [0.5, 0.6) is 11.5 Å². The molecule has 3 N–H and O–H groups in total. The fourth-order valence-electron chi connectivity index (χ4n) is 3.24. The van der Waals surface area contributed by atoms with E-state index in [1.807, 2.05) is 6.92 Å². The van der Waals surface area contributed by atoms with E-state index < -0.39 is 29.9 Å². The van der Waals surface area contributed by atoms with E-state index >= 15 is 0 Å². The van der Waals surface area contributed by atoms with E-state index in [2.05, 4.69) is 10.3 Å². The van der Waals surface area contributed by atoms with Crippen molar-refractivity contribution in [2.45, 2.75) is 25.6 Å². The van der Waals surface area contributed by atoms with Gasteiger partial charge >= 0.3 is 0 Å². The fraction of sp³-hybridized carbons (Fsp3) is 0.389. The van der Waals surface area contributed by atoms with Crippen LogP contribution in [0, 0.1) is 5.92 Å². The van der Waals surface area contributed by atoms with Gasteiger partial charge in [-0.3, -0.25) is 14.6 Å². The molecule has 0 saturated carbocycles. The molecule has 1 aliphatic rings. The van der Waals surface area contributed by atoms with Crippen LogP contribution in [0.15, 0.2) is 24.4 Å². The quantitative estimate of drug-likeness (QED) is 0.813. The predicted molar refractivity (Wildman–Crippen MR) is 92.9 cm³/mol. The Balaban J connectivity index is 1.89. The lowest BCUT2D eigenvalue weighted by Crippen LogP contribution is -2.34. The Kier molecular flexibility index (Phi) is 4.92. The van der Waals surface area contributed by atoms with Crippen LogP contribution in [0.25, 0.3) is 10.9 Å². The highest BCUT2D eigenvalue weighted by atomic mass is 19.1. The summed E-state index contributed by atoms with van der Waals surface area (Å²) in [5.74, 6) is -0.835. The van der Waals surface area contributed by atoms with Crippen LogP contribution in [0.4, 0.5) is 4.39 Å². The molecule has 0 radical (unpaired) electrons. The molecule has 2 amide bonds. The number of ether oxygens (including phenoxy) is 2. The van der Waals surface area contributed by atoms with Crippen molar-refractivity contribution in [3.8, 4) is 11.5 Å². The van der Waals surface area contributed by atoms with E-state index in [-0.39, 0.29) is 12.2 Å². The van der Waals surface area contributed by atoms with Crippen molar-refractivity contribution >= 4 is 22.7 Å². The van der Waals surface area contributed by atoms with Crippen LogP contribution in [0.1, 0.15) is 23.7 Å². The number of pyridine rings is 1. The average molecular weight is 361 g/mol. The Bertz CT molecular complexity index is 858. The maximum absolute atomic E-state index is 13.9. The van der Waals surface area contributed by atoms with Crippen molar-refractivity contribution in [2.24, 2.45) is 11.7 Å². The number of fused-ring (bicyclic) bond motifs is 1. The molecule has 7 nitrogen and oxygen atoms in total. The molecular formula is C18H20FN3O4. The highest BCUT2D eigenvalue weighted by Gasteiger charge is 2.41. The summed E-state index contributed by atoms with van der Waals surface area (Å²) in [6, 6.07) is 4.42. The number of methoxy groups -OCH3 is 1. The molecule has 8 heteroatoms. The Morgan fingerprint density at radius 2 is 2.15 bits per heavy atom. The third-order valence-electron chi connectivity index (χ3n) is 4.65. The van der Waals surface area contributed by atoms with Crippen molar-refractivity contribution in [3.63, 3.8) is 0 Å². The summed E-state index contributed by atoms with van der Waals surface area (Å²) in [7, 11) is 1.44. The standard InChI is InChI=1S/C18H20FN3O4/c1-3-9-13(22-18(24)16(9)19)8-26-14-4-5-21-12-6-11(17(20)23)15(25-2)7-10(12)14/h4-7,9,13,16H,3,8H2,1-2H3,(H2,20,23)(H,22,24)/t9-,13+,16-/m0/s1. The summed E-state index contributed by atoms with van der Waals surface area (Å²) < 4.78 is 24.9. The van der Waals surface area contributed by atoms with Gasteiger partial charge in [-0.05, 0) is 24.6 Å². The first-order valence-electron chi connectivity index (χ1n) is 8.30. The number of aromatic nitrogens is 1. The van der Waals surface area contributed by atoms with Gasteiger partial charge in [0.2, 0.25) is 0 Å². The van der Waals surface area contributed by atoms with Gasteiger partial charge in [0.15, 0.2) is 6.17 Å². The molecule has 3 atom stereocenters. The summed E-state index contributed by atoms with van der Waals surface area (Å²) in [4.78, 5) is 27.3. The molecule has 26 heavy (non-hydrogen) atoms. The second kappa shape index (κ2) is 7.15. The smallest absolute Gasteiger partial charge is 0.255 e. The topological polar surface area (TPSA) is 104 Å². The number of alkyl halides is 1. The summed E-state index contributed by atoms with van der Waals surface area (Å²) in [6.45, 7) is 1.96. The first-order valence-corrected chi connectivity index (χ1v) is 8.30. The third-order valence-corrected chi connectivity index (χ3v) is 4.65. The number of rotatable bonds is 6. The molecule has 3 rings (SSSR count). The Labute approximate surface area is 149 Å². The number of amides is 2. The number of nitrogens with zero attached hydrogens (tertiary/aromatic N) is 1. The predicted octanol–water partition coefficient (Wildman–Crippen LogP) is 1.58. The molecule has 0 bridgehead atoms. The van der Waals surface area contributed by atoms with Crippen molar-refractivity contribution in [3.05, 3.63) is 30.0 Å². The Morgan fingerprint density at radius 3 is 2.81 bits per heavy atom. The van der Waals surface area contributed by atoms with Gasteiger partial charge < -0.3 is 20.5 Å². The number of nitrogens with one attached hydrogen (secondary N) is 1. The van der Waals surface area contributed by atoms with Gasteiger partial charge in [0.1, 0.15) is 18.1 Å². The molecule has 1 aliphatic heterocycles. The van der Waals surface area contributed by atoms with Crippen LogP contribution in [-0.4, -0.2) is 42.7 Å². The molecule has 0 aliphatic carbocycles. The van der Waals surface area contributed by atoms with Gasteiger partial charge in [0, 0.05) is 17.5 Å². The summed E-state index contributed by atoms with van der Waals surface area (Å²) in [6.07, 6.45) is 0.555. The van der Waals surface area contributed by atoms with Gasteiger partial charge in [-0.15, -0.1) is 0 Å². The van der Waals surface area contributed by atoms with Crippen molar-refractivity contribution in [2.75, 3.05) is 13.7 Å². The molecular weight excluding hydrogens is 341 g/mol. The summed E-state index contributed by atoms with van der Waals surface area (Å²) >= 11 is 0. The largest absolute Gasteiger partial charge is 0.496 e. The van der Waals surface area contributed by atoms with Crippen molar-refractivity contribution in [1.82, 2.24) is 10.3 Å². The van der Waals surface area contributed by atoms with E-state index in [1.165, 1.54) is 19.4 Å². The number of nitrogens with two attached hydrogens (primary N) is 1. The van der Waals surface area contributed by atoms with Crippen LogP contribution in [0.2, 0.25) is 0 Å². The van der Waals surface area contributed by atoms with Gasteiger partial charge in [-0.25, -0.2) is 4.39 Å². The molecule has 0 unspecified atom stereocenters. The number of primary amides is 1. The second-order valence-electron chi connectivity index (χ2n) is 6.14. The van der Waals surface area contributed by atoms with Crippen LogP contribution in [0.3, 0.4) is 0 Å². The number of carbonyl (C=O) groups is 2. The molecule has 1 saturated heterocycles. The van der Waals surface area contributed by atoms with Gasteiger partial charge in [-0.1, -0.05) is 6.92 Å². The monoisotopic (exact) mass is 361 g/mol. The highest BCUT2D eigenvalue weighted by molar-refractivity contribution is 6.01. The summed E-state index contributed by atoms with van der Waals surface area (Å²) in [5, 5.41) is 3.26. The molecule has 1 fully saturated rings. The van der Waals surface area contributed by atoms with E-state index in [0.29, 0.717) is 28.8 Å². The minimum atomic E-state index is -1.51. The van der Waals surface area contributed by atoms with Crippen LogP contribution in [-0.2, 0) is 4.79 Å². The fourth-order valence-corrected chi connectivity index (χ4v) is 3.24. The van der Waals surface area contributed by atoms with E-state index in [0.717, 1.165) is 0 Å². The molecule has 1 aromatic carbocycles. The zero-order valence-electron chi connectivity index (χ0n) is 14.5. The van der Waals surface area contributed by atoms with Crippen LogP contribution < -0.4 is 20.5 Å².